The second-order valence-corrected chi connectivity index (χ2v) is 5.22. The van der Waals surface area contributed by atoms with E-state index in [4.69, 9.17) is 4.74 Å². The van der Waals surface area contributed by atoms with Gasteiger partial charge in [0.25, 0.3) is 0 Å². The minimum Gasteiger partial charge on any atom is -0.378 e. The van der Waals surface area contributed by atoms with E-state index in [0.717, 1.165) is 38.0 Å². The quantitative estimate of drug-likeness (QED) is 0.599. The molecule has 1 atom stereocenters. The lowest BCUT2D eigenvalue weighted by Gasteiger charge is -2.07. The average Bonchev–Trinajstić information content (AvgIpc) is 2.71. The predicted molar refractivity (Wildman–Crippen MR) is 65.4 cm³/mol. The van der Waals surface area contributed by atoms with Crippen molar-refractivity contribution < 1.29 is 9.53 Å². The van der Waals surface area contributed by atoms with E-state index in [1.807, 2.05) is 0 Å². The molecule has 1 rings (SSSR count). The van der Waals surface area contributed by atoms with Crippen LogP contribution in [0.15, 0.2) is 0 Å². The summed E-state index contributed by atoms with van der Waals surface area (Å²) in [6.45, 7) is 3.07. The highest BCUT2D eigenvalue weighted by molar-refractivity contribution is 7.99. The van der Waals surface area contributed by atoms with Gasteiger partial charge in [-0.1, -0.05) is 6.92 Å². The molecule has 1 heterocycles. The van der Waals surface area contributed by atoms with E-state index in [1.165, 1.54) is 12.8 Å². The second-order valence-electron chi connectivity index (χ2n) is 4.12. The van der Waals surface area contributed by atoms with Crippen LogP contribution in [0.25, 0.3) is 0 Å². The molecule has 1 saturated heterocycles. The Morgan fingerprint density at radius 2 is 2.40 bits per heavy atom. The first-order valence-electron chi connectivity index (χ1n) is 6.04. The van der Waals surface area contributed by atoms with Gasteiger partial charge in [-0.25, -0.2) is 0 Å². The number of rotatable bonds is 8. The highest BCUT2D eigenvalue weighted by atomic mass is 32.2. The molecule has 0 radical (unpaired) electrons. The first-order chi connectivity index (χ1) is 7.33. The van der Waals surface area contributed by atoms with Gasteiger partial charge in [-0.15, -0.1) is 0 Å². The molecule has 3 heteroatoms. The van der Waals surface area contributed by atoms with Crippen LogP contribution in [0.3, 0.4) is 0 Å². The van der Waals surface area contributed by atoms with Crippen LogP contribution < -0.4 is 0 Å². The SMILES string of the molecule is CCCSCC(=O)CCCC1CCCO1. The van der Waals surface area contributed by atoms with Gasteiger partial charge in [-0.05, 0) is 37.9 Å². The molecule has 0 aliphatic carbocycles. The lowest BCUT2D eigenvalue weighted by Crippen LogP contribution is -2.07. The molecular weight excluding hydrogens is 208 g/mol. The average molecular weight is 230 g/mol. The Kier molecular flexibility index (Phi) is 7.11. The van der Waals surface area contributed by atoms with Gasteiger partial charge in [0.15, 0.2) is 0 Å². The van der Waals surface area contributed by atoms with E-state index < -0.39 is 0 Å². The van der Waals surface area contributed by atoms with Gasteiger partial charge >= 0.3 is 0 Å². The zero-order valence-electron chi connectivity index (χ0n) is 9.67. The standard InChI is InChI=1S/C12H22O2S/c1-2-9-15-10-11(13)5-3-6-12-7-4-8-14-12/h12H,2-10H2,1H3. The van der Waals surface area contributed by atoms with Crippen LogP contribution in [0.2, 0.25) is 0 Å². The van der Waals surface area contributed by atoms with Crippen LogP contribution in [-0.4, -0.2) is 30.0 Å². The molecule has 88 valence electrons. The molecule has 2 nitrogen and oxygen atoms in total. The predicted octanol–water partition coefficient (Wildman–Crippen LogP) is 3.05. The maximum absolute atomic E-state index is 11.4. The van der Waals surface area contributed by atoms with Crippen molar-refractivity contribution in [2.24, 2.45) is 0 Å². The number of ketones is 1. The molecule has 15 heavy (non-hydrogen) atoms. The zero-order valence-corrected chi connectivity index (χ0v) is 10.5. The third kappa shape index (κ3) is 6.21. The summed E-state index contributed by atoms with van der Waals surface area (Å²) in [7, 11) is 0. The molecule has 1 aliphatic rings. The van der Waals surface area contributed by atoms with Crippen molar-refractivity contribution in [1.29, 1.82) is 0 Å². The number of hydrogen-bond donors (Lipinski definition) is 0. The summed E-state index contributed by atoms with van der Waals surface area (Å²) in [6, 6.07) is 0. The molecule has 0 aromatic rings. The highest BCUT2D eigenvalue weighted by Gasteiger charge is 2.15. The first-order valence-corrected chi connectivity index (χ1v) is 7.19. The van der Waals surface area contributed by atoms with Gasteiger partial charge in [0, 0.05) is 13.0 Å². The van der Waals surface area contributed by atoms with Crippen molar-refractivity contribution in [2.75, 3.05) is 18.1 Å². The third-order valence-corrected chi connectivity index (χ3v) is 3.84. The molecule has 0 N–H and O–H groups in total. The molecule has 0 aromatic carbocycles. The maximum atomic E-state index is 11.4. The maximum Gasteiger partial charge on any atom is 0.142 e. The Balaban J connectivity index is 1.91. The summed E-state index contributed by atoms with van der Waals surface area (Å²) in [6.07, 6.45) is 6.83. The number of carbonyl (C=O) groups excluding carboxylic acids is 1. The second kappa shape index (κ2) is 8.17. The Morgan fingerprint density at radius 3 is 3.07 bits per heavy atom. The molecule has 0 spiro atoms. The molecule has 0 aromatic heterocycles. The minimum atomic E-state index is 0.409. The Morgan fingerprint density at radius 1 is 1.53 bits per heavy atom. The number of Topliss-reactive ketones (excluding diaryl/α,β-unsaturated/α-hetero) is 1. The summed E-state index contributed by atoms with van der Waals surface area (Å²) in [5, 5.41) is 0. The van der Waals surface area contributed by atoms with Crippen molar-refractivity contribution in [1.82, 2.24) is 0 Å². The van der Waals surface area contributed by atoms with E-state index in [2.05, 4.69) is 6.92 Å². The van der Waals surface area contributed by atoms with Crippen molar-refractivity contribution in [3.63, 3.8) is 0 Å². The number of thioether (sulfide) groups is 1. The van der Waals surface area contributed by atoms with Crippen molar-refractivity contribution >= 4 is 17.5 Å². The van der Waals surface area contributed by atoms with Gasteiger partial charge in [0.05, 0.1) is 11.9 Å². The first kappa shape index (κ1) is 13.0. The van der Waals surface area contributed by atoms with Crippen molar-refractivity contribution in [3.05, 3.63) is 0 Å². The summed E-state index contributed by atoms with van der Waals surface area (Å²) < 4.78 is 5.52. The van der Waals surface area contributed by atoms with Crippen LogP contribution in [0.4, 0.5) is 0 Å². The van der Waals surface area contributed by atoms with Gasteiger partial charge in [0.2, 0.25) is 0 Å². The molecule has 0 bridgehead atoms. The van der Waals surface area contributed by atoms with Gasteiger partial charge in [0.1, 0.15) is 5.78 Å². The molecule has 0 saturated carbocycles. The number of ether oxygens (including phenoxy) is 1. The van der Waals surface area contributed by atoms with Gasteiger partial charge in [-0.2, -0.15) is 11.8 Å². The molecule has 0 amide bonds. The zero-order chi connectivity index (χ0) is 10.9. The van der Waals surface area contributed by atoms with Crippen LogP contribution in [0.1, 0.15) is 45.4 Å². The van der Waals surface area contributed by atoms with Crippen LogP contribution >= 0.6 is 11.8 Å². The number of carbonyl (C=O) groups is 1. The Hall–Kier alpha value is -0.0200. The Labute approximate surface area is 97.1 Å². The summed E-state index contributed by atoms with van der Waals surface area (Å²) >= 11 is 1.76. The smallest absolute Gasteiger partial charge is 0.142 e. The topological polar surface area (TPSA) is 26.3 Å². The summed E-state index contributed by atoms with van der Waals surface area (Å²) in [5.74, 6) is 2.23. The highest BCUT2D eigenvalue weighted by Crippen LogP contribution is 2.18. The van der Waals surface area contributed by atoms with E-state index in [-0.39, 0.29) is 0 Å². The van der Waals surface area contributed by atoms with E-state index in [0.29, 0.717) is 17.6 Å². The van der Waals surface area contributed by atoms with E-state index in [1.54, 1.807) is 11.8 Å². The molecule has 1 aliphatic heterocycles. The van der Waals surface area contributed by atoms with Crippen molar-refractivity contribution in [3.8, 4) is 0 Å². The molecular formula is C12H22O2S. The normalized spacial score (nSPS) is 20.7. The third-order valence-electron chi connectivity index (χ3n) is 2.62. The minimum absolute atomic E-state index is 0.409. The van der Waals surface area contributed by atoms with Crippen molar-refractivity contribution in [2.45, 2.75) is 51.6 Å². The lowest BCUT2D eigenvalue weighted by molar-refractivity contribution is -0.116. The summed E-state index contributed by atoms with van der Waals surface area (Å²) in [5.41, 5.74) is 0. The largest absolute Gasteiger partial charge is 0.378 e. The molecule has 1 fully saturated rings. The lowest BCUT2D eigenvalue weighted by atomic mass is 10.1. The fourth-order valence-electron chi connectivity index (χ4n) is 1.80. The summed E-state index contributed by atoms with van der Waals surface area (Å²) in [4.78, 5) is 11.4. The monoisotopic (exact) mass is 230 g/mol. The van der Waals surface area contributed by atoms with E-state index >= 15 is 0 Å². The fraction of sp³-hybridized carbons (Fsp3) is 0.917. The van der Waals surface area contributed by atoms with E-state index in [9.17, 15) is 4.79 Å². The van der Waals surface area contributed by atoms with Gasteiger partial charge in [-0.3, -0.25) is 4.79 Å². The molecule has 1 unspecified atom stereocenters. The van der Waals surface area contributed by atoms with Crippen LogP contribution in [-0.2, 0) is 9.53 Å². The van der Waals surface area contributed by atoms with Gasteiger partial charge < -0.3 is 4.74 Å². The fourth-order valence-corrected chi connectivity index (χ4v) is 2.61. The Bertz CT molecular complexity index is 176. The van der Waals surface area contributed by atoms with Crippen LogP contribution in [0, 0.1) is 0 Å². The van der Waals surface area contributed by atoms with Crippen LogP contribution in [0.5, 0.6) is 0 Å². The number of hydrogen-bond acceptors (Lipinski definition) is 3.